The Morgan fingerprint density at radius 2 is 2.10 bits per heavy atom. The van der Waals surface area contributed by atoms with E-state index in [9.17, 15) is 0 Å². The van der Waals surface area contributed by atoms with E-state index in [-0.39, 0.29) is 0 Å². The van der Waals surface area contributed by atoms with Gasteiger partial charge in [0.1, 0.15) is 11.5 Å². The molecule has 1 saturated heterocycles. The van der Waals surface area contributed by atoms with Gasteiger partial charge in [-0.15, -0.1) is 0 Å². The van der Waals surface area contributed by atoms with Gasteiger partial charge in [0.2, 0.25) is 0 Å². The van der Waals surface area contributed by atoms with Crippen molar-refractivity contribution in [2.45, 2.75) is 12.5 Å². The molecule has 1 N–H and O–H groups in total. The zero-order chi connectivity index (χ0) is 14.5. The normalized spacial score (nSPS) is 23.0. The van der Waals surface area contributed by atoms with Crippen LogP contribution in [0, 0.1) is 5.92 Å². The topological polar surface area (TPSA) is 30.5 Å². The van der Waals surface area contributed by atoms with Gasteiger partial charge in [-0.2, -0.15) is 23.5 Å². The predicted octanol–water partition coefficient (Wildman–Crippen LogP) is 2.68. The predicted molar refractivity (Wildman–Crippen MR) is 92.1 cm³/mol. The summed E-state index contributed by atoms with van der Waals surface area (Å²) in [5.74, 6) is 7.52. The fraction of sp³-hybridized carbons (Fsp3) is 0.625. The highest BCUT2D eigenvalue weighted by Crippen LogP contribution is 2.30. The summed E-state index contributed by atoms with van der Waals surface area (Å²) < 4.78 is 11.2. The van der Waals surface area contributed by atoms with Gasteiger partial charge in [-0.1, -0.05) is 6.07 Å². The second-order valence-corrected chi connectivity index (χ2v) is 7.91. The number of thioether (sulfide) groups is 2. The van der Waals surface area contributed by atoms with Gasteiger partial charge in [-0.05, 0) is 18.1 Å². The van der Waals surface area contributed by atoms with Gasteiger partial charge < -0.3 is 14.8 Å². The molecule has 0 radical (unpaired) electrons. The molecule has 21 heavy (non-hydrogen) atoms. The van der Waals surface area contributed by atoms with Gasteiger partial charge in [0.15, 0.2) is 0 Å². The van der Waals surface area contributed by atoms with Crippen LogP contribution in [0.15, 0.2) is 18.2 Å². The van der Waals surface area contributed by atoms with Crippen molar-refractivity contribution in [2.75, 3.05) is 43.3 Å². The minimum absolute atomic E-state index is 0.573. The third-order valence-corrected chi connectivity index (χ3v) is 6.48. The van der Waals surface area contributed by atoms with E-state index in [2.05, 4.69) is 34.9 Å². The van der Waals surface area contributed by atoms with Crippen LogP contribution in [0.25, 0.3) is 0 Å². The minimum Gasteiger partial charge on any atom is -0.497 e. The van der Waals surface area contributed by atoms with Crippen LogP contribution in [0.2, 0.25) is 0 Å². The van der Waals surface area contributed by atoms with Crippen molar-refractivity contribution in [3.8, 4) is 11.5 Å². The van der Waals surface area contributed by atoms with Crippen molar-refractivity contribution < 1.29 is 9.47 Å². The highest BCUT2D eigenvalue weighted by atomic mass is 32.2. The first-order chi connectivity index (χ1) is 10.3. The van der Waals surface area contributed by atoms with E-state index in [4.69, 9.17) is 9.47 Å². The lowest BCUT2D eigenvalue weighted by Gasteiger charge is -2.27. The number of methoxy groups -OCH3 is 1. The van der Waals surface area contributed by atoms with Crippen LogP contribution in [-0.2, 0) is 6.42 Å². The molecule has 1 fully saturated rings. The summed E-state index contributed by atoms with van der Waals surface area (Å²) in [7, 11) is 1.69. The molecule has 2 heterocycles. The molecule has 2 aliphatic rings. The van der Waals surface area contributed by atoms with Gasteiger partial charge in [0.05, 0.1) is 13.7 Å². The van der Waals surface area contributed by atoms with E-state index in [1.807, 2.05) is 12.1 Å². The molecule has 116 valence electrons. The van der Waals surface area contributed by atoms with Gasteiger partial charge in [-0.3, -0.25) is 0 Å². The summed E-state index contributed by atoms with van der Waals surface area (Å²) in [6, 6.07) is 6.81. The number of nitrogens with one attached hydrogen (secondary N) is 1. The molecule has 0 amide bonds. The molecule has 0 aliphatic carbocycles. The van der Waals surface area contributed by atoms with Crippen LogP contribution in [0.5, 0.6) is 11.5 Å². The largest absolute Gasteiger partial charge is 0.497 e. The molecule has 2 aliphatic heterocycles. The fourth-order valence-electron chi connectivity index (χ4n) is 2.74. The Balaban J connectivity index is 1.51. The third-order valence-electron chi connectivity index (χ3n) is 3.96. The molecule has 3 nitrogen and oxygen atoms in total. The first-order valence-electron chi connectivity index (χ1n) is 7.53. The fourth-order valence-corrected chi connectivity index (χ4v) is 5.21. The Labute approximate surface area is 135 Å². The number of hydrogen-bond donors (Lipinski definition) is 1. The standard InChI is InChI=1S/C16H23NO2S2/c1-18-15-3-2-13-6-12(9-19-16(13)7-15)8-17-14-10-20-4-5-21-11-14/h2-3,7,12,14,17H,4-6,8-11H2,1H3/t12-/m0/s1. The molecule has 1 atom stereocenters. The molecule has 0 spiro atoms. The summed E-state index contributed by atoms with van der Waals surface area (Å²) in [5.41, 5.74) is 1.30. The molecule has 3 rings (SSSR count). The lowest BCUT2D eigenvalue weighted by Crippen LogP contribution is -2.39. The van der Waals surface area contributed by atoms with E-state index < -0.39 is 0 Å². The quantitative estimate of drug-likeness (QED) is 0.920. The van der Waals surface area contributed by atoms with Crippen LogP contribution in [0.4, 0.5) is 0 Å². The summed E-state index contributed by atoms with van der Waals surface area (Å²) in [5, 5.41) is 3.74. The monoisotopic (exact) mass is 325 g/mol. The average Bonchev–Trinajstić information content (AvgIpc) is 2.81. The summed E-state index contributed by atoms with van der Waals surface area (Å²) >= 11 is 4.15. The second-order valence-electron chi connectivity index (χ2n) is 5.61. The summed E-state index contributed by atoms with van der Waals surface area (Å²) in [6.07, 6.45) is 1.10. The Hall–Kier alpha value is -0.520. The molecule has 0 unspecified atom stereocenters. The van der Waals surface area contributed by atoms with E-state index in [0.717, 1.165) is 31.1 Å². The van der Waals surface area contributed by atoms with Crippen LogP contribution in [-0.4, -0.2) is 49.3 Å². The Bertz CT molecular complexity index is 462. The Kier molecular flexibility index (Phi) is 5.61. The molecule has 5 heteroatoms. The van der Waals surface area contributed by atoms with Crippen molar-refractivity contribution in [3.05, 3.63) is 23.8 Å². The van der Waals surface area contributed by atoms with Gasteiger partial charge >= 0.3 is 0 Å². The van der Waals surface area contributed by atoms with Crippen molar-refractivity contribution in [2.24, 2.45) is 5.92 Å². The van der Waals surface area contributed by atoms with Crippen LogP contribution >= 0.6 is 23.5 Å². The smallest absolute Gasteiger partial charge is 0.126 e. The van der Waals surface area contributed by atoms with E-state index in [0.29, 0.717) is 12.0 Å². The maximum atomic E-state index is 5.91. The average molecular weight is 325 g/mol. The SMILES string of the molecule is COc1ccc2c(c1)OC[C@H](CNC1CSCCSC1)C2. The lowest BCUT2D eigenvalue weighted by molar-refractivity contribution is 0.215. The van der Waals surface area contributed by atoms with Gasteiger partial charge in [0, 0.05) is 47.6 Å². The number of hydrogen-bond acceptors (Lipinski definition) is 5. The maximum Gasteiger partial charge on any atom is 0.126 e. The first kappa shape index (κ1) is 15.4. The molecular formula is C16H23NO2S2. The zero-order valence-corrected chi connectivity index (χ0v) is 14.1. The molecule has 0 saturated carbocycles. The van der Waals surface area contributed by atoms with E-state index in [1.54, 1.807) is 7.11 Å². The molecule has 1 aromatic rings. The van der Waals surface area contributed by atoms with Crippen LogP contribution < -0.4 is 14.8 Å². The number of benzene rings is 1. The highest BCUT2D eigenvalue weighted by molar-refractivity contribution is 8.03. The molecule has 1 aromatic carbocycles. The summed E-state index contributed by atoms with van der Waals surface area (Å²) in [6.45, 7) is 1.86. The molecule has 0 bridgehead atoms. The lowest BCUT2D eigenvalue weighted by atomic mass is 9.96. The van der Waals surface area contributed by atoms with E-state index >= 15 is 0 Å². The van der Waals surface area contributed by atoms with Gasteiger partial charge in [0.25, 0.3) is 0 Å². The zero-order valence-electron chi connectivity index (χ0n) is 12.5. The maximum absolute atomic E-state index is 5.91. The highest BCUT2D eigenvalue weighted by Gasteiger charge is 2.21. The van der Waals surface area contributed by atoms with Crippen LogP contribution in [0.1, 0.15) is 5.56 Å². The van der Waals surface area contributed by atoms with Crippen molar-refractivity contribution in [1.82, 2.24) is 5.32 Å². The van der Waals surface area contributed by atoms with Gasteiger partial charge in [-0.25, -0.2) is 0 Å². The molecule has 0 aromatic heterocycles. The second kappa shape index (κ2) is 7.65. The third kappa shape index (κ3) is 4.24. The number of ether oxygens (including phenoxy) is 2. The van der Waals surface area contributed by atoms with E-state index in [1.165, 1.54) is 28.6 Å². The Morgan fingerprint density at radius 3 is 2.86 bits per heavy atom. The summed E-state index contributed by atoms with van der Waals surface area (Å²) in [4.78, 5) is 0. The minimum atomic E-state index is 0.573. The van der Waals surface area contributed by atoms with Crippen molar-refractivity contribution in [3.63, 3.8) is 0 Å². The first-order valence-corrected chi connectivity index (χ1v) is 9.84. The Morgan fingerprint density at radius 1 is 1.29 bits per heavy atom. The molecular weight excluding hydrogens is 302 g/mol. The van der Waals surface area contributed by atoms with Crippen molar-refractivity contribution in [1.29, 1.82) is 0 Å². The van der Waals surface area contributed by atoms with Crippen molar-refractivity contribution >= 4 is 23.5 Å². The number of fused-ring (bicyclic) bond motifs is 1. The number of rotatable bonds is 4. The van der Waals surface area contributed by atoms with Crippen LogP contribution in [0.3, 0.4) is 0 Å².